The first-order chi connectivity index (χ1) is 16.7. The molecule has 10 atom stereocenters. The van der Waals surface area contributed by atoms with E-state index in [1.165, 1.54) is 0 Å². The van der Waals surface area contributed by atoms with Crippen molar-refractivity contribution in [1.29, 1.82) is 0 Å². The topological polar surface area (TPSA) is 297 Å². The molecule has 1 aromatic heterocycles. The minimum absolute atomic E-state index is 0.714. The number of aliphatic hydroxyl groups excluding tert-OH is 6. The molecule has 3 heterocycles. The smallest absolute Gasteiger partial charge is 0.394 e. The number of ether oxygens (including phenoxy) is 2. The molecule has 1 aromatic rings. The Morgan fingerprint density at radius 1 is 0.944 bits per heavy atom. The van der Waals surface area contributed by atoms with Gasteiger partial charge in [0, 0.05) is 12.3 Å². The number of rotatable bonds is 9. The fourth-order valence-electron chi connectivity index (χ4n) is 3.37. The van der Waals surface area contributed by atoms with Gasteiger partial charge in [-0.25, -0.2) is 13.9 Å². The van der Waals surface area contributed by atoms with Crippen LogP contribution in [0.4, 0.5) is 0 Å². The Kier molecular flexibility index (Phi) is 9.05. The zero-order chi connectivity index (χ0) is 27.0. The highest BCUT2D eigenvalue weighted by atomic mass is 31.3. The lowest BCUT2D eigenvalue weighted by molar-refractivity contribution is -0.281. The number of aromatic amines is 1. The van der Waals surface area contributed by atoms with Gasteiger partial charge in [0.25, 0.3) is 5.56 Å². The third kappa shape index (κ3) is 6.54. The molecule has 2 aliphatic heterocycles. The quantitative estimate of drug-likeness (QED) is 0.127. The number of hydrogen-bond acceptors (Lipinski definition) is 15. The summed E-state index contributed by atoms with van der Waals surface area (Å²) in [5, 5.41) is 59.3. The zero-order valence-corrected chi connectivity index (χ0v) is 19.6. The summed E-state index contributed by atoms with van der Waals surface area (Å²) in [5.41, 5.74) is -1.77. The standard InChI is InChI=1S/C15H24N2O17P2/c18-3-5-8(20)10(22)12(24)14(32-5)33-36(29,34-35(26,27)28)30-4-6-9(21)11(23)13(31-6)17-2-1-7(19)16-15(17)25/h1-2,5-6,8-14,18,20-24H,3-4H2,(H,16,19,25)(H2,26,27,28)/t5-,6+,8+,9?,10-,11?,12-,13+,14+,36?/m1/s1. The second-order valence-corrected chi connectivity index (χ2v) is 10.7. The van der Waals surface area contributed by atoms with Crippen LogP contribution in [0.3, 0.4) is 0 Å². The van der Waals surface area contributed by atoms with Gasteiger partial charge in [0.05, 0.1) is 13.2 Å². The van der Waals surface area contributed by atoms with Crippen LogP contribution in [-0.4, -0.2) is 112 Å². The Morgan fingerprint density at radius 3 is 2.17 bits per heavy atom. The van der Waals surface area contributed by atoms with Crippen molar-refractivity contribution in [2.45, 2.75) is 55.2 Å². The van der Waals surface area contributed by atoms with Crippen molar-refractivity contribution in [1.82, 2.24) is 9.55 Å². The van der Waals surface area contributed by atoms with Gasteiger partial charge in [-0.15, -0.1) is 0 Å². The van der Waals surface area contributed by atoms with Crippen molar-refractivity contribution in [3.05, 3.63) is 33.1 Å². The molecule has 0 saturated carbocycles. The predicted octanol–water partition coefficient (Wildman–Crippen LogP) is -4.79. The normalized spacial score (nSPS) is 37.1. The van der Waals surface area contributed by atoms with Crippen LogP contribution in [0.2, 0.25) is 0 Å². The highest BCUT2D eigenvalue weighted by Gasteiger charge is 2.50. The van der Waals surface area contributed by atoms with Crippen LogP contribution in [-0.2, 0) is 32.0 Å². The van der Waals surface area contributed by atoms with Crippen LogP contribution >= 0.6 is 15.6 Å². The fourth-order valence-corrected chi connectivity index (χ4v) is 5.58. The molecule has 0 bridgehead atoms. The average Bonchev–Trinajstić information content (AvgIpc) is 3.05. The minimum Gasteiger partial charge on any atom is -0.394 e. The number of phosphoric ester groups is 1. The fraction of sp³-hybridized carbons (Fsp3) is 0.733. The van der Waals surface area contributed by atoms with Gasteiger partial charge in [0.2, 0.25) is 0 Å². The van der Waals surface area contributed by atoms with E-state index in [1.807, 2.05) is 4.98 Å². The number of nitrogens with zero attached hydrogens (tertiary/aromatic N) is 1. The summed E-state index contributed by atoms with van der Waals surface area (Å²) in [6, 6.07) is 0.921. The van der Waals surface area contributed by atoms with E-state index in [1.54, 1.807) is 0 Å². The van der Waals surface area contributed by atoms with Gasteiger partial charge in [-0.2, -0.15) is 4.31 Å². The van der Waals surface area contributed by atoms with Crippen molar-refractivity contribution in [3.8, 4) is 0 Å². The Morgan fingerprint density at radius 2 is 1.58 bits per heavy atom. The second-order valence-electron chi connectivity index (χ2n) is 7.68. The van der Waals surface area contributed by atoms with Crippen LogP contribution in [0.5, 0.6) is 0 Å². The lowest BCUT2D eigenvalue weighted by Gasteiger charge is -2.40. The van der Waals surface area contributed by atoms with Crippen molar-refractivity contribution < 1.29 is 72.4 Å². The van der Waals surface area contributed by atoms with E-state index in [4.69, 9.17) is 28.3 Å². The first-order valence-electron chi connectivity index (χ1n) is 9.99. The molecule has 0 radical (unpaired) electrons. The second kappa shape index (κ2) is 11.2. The number of phosphoric acid groups is 2. The summed E-state index contributed by atoms with van der Waals surface area (Å²) in [6.45, 7) is -1.97. The van der Waals surface area contributed by atoms with Crippen LogP contribution in [0, 0.1) is 0 Å². The van der Waals surface area contributed by atoms with Gasteiger partial charge < -0.3 is 49.9 Å². The largest absolute Gasteiger partial charge is 0.486 e. The van der Waals surface area contributed by atoms with E-state index in [2.05, 4.69) is 4.31 Å². The molecular formula is C15H24N2O17P2. The lowest BCUT2D eigenvalue weighted by atomic mass is 10.00. The molecule has 36 heavy (non-hydrogen) atoms. The lowest BCUT2D eigenvalue weighted by Crippen LogP contribution is -2.59. The summed E-state index contributed by atoms with van der Waals surface area (Å²) in [4.78, 5) is 43.3. The number of H-pyrrole nitrogens is 1. The van der Waals surface area contributed by atoms with E-state index in [9.17, 15) is 49.4 Å². The molecule has 0 aliphatic carbocycles. The predicted molar refractivity (Wildman–Crippen MR) is 109 cm³/mol. The molecule has 19 nitrogen and oxygen atoms in total. The summed E-state index contributed by atoms with van der Waals surface area (Å²) < 4.78 is 48.9. The number of aliphatic hydroxyl groups is 6. The maximum Gasteiger partial charge on any atom is 0.486 e. The van der Waals surface area contributed by atoms with Crippen LogP contribution in [0.25, 0.3) is 0 Å². The number of nitrogens with one attached hydrogen (secondary N) is 1. The average molecular weight is 566 g/mol. The molecular weight excluding hydrogens is 542 g/mol. The van der Waals surface area contributed by atoms with Crippen LogP contribution in [0.15, 0.2) is 21.9 Å². The number of aromatic nitrogens is 2. The molecule has 0 aromatic carbocycles. The van der Waals surface area contributed by atoms with Gasteiger partial charge in [0.15, 0.2) is 12.5 Å². The monoisotopic (exact) mass is 566 g/mol. The summed E-state index contributed by atoms with van der Waals surface area (Å²) >= 11 is 0. The van der Waals surface area contributed by atoms with E-state index in [0.717, 1.165) is 12.3 Å². The zero-order valence-electron chi connectivity index (χ0n) is 17.9. The Bertz CT molecular complexity index is 1120. The third-order valence-electron chi connectivity index (χ3n) is 5.15. The molecule has 0 amide bonds. The van der Waals surface area contributed by atoms with E-state index in [0.29, 0.717) is 4.57 Å². The van der Waals surface area contributed by atoms with E-state index < -0.39 is 95.4 Å². The SMILES string of the molecule is O=c1ccn([C@H]2O[C@@H](COP(=O)(O[C@@H]3O[C@H](CO)[C@H](O)[C@@H](O)[C@H]3O)OP(=O)(O)O)C(O)C2O)c(=O)[nH]1. The molecule has 3 unspecified atom stereocenters. The van der Waals surface area contributed by atoms with Crippen molar-refractivity contribution >= 4 is 15.6 Å². The Balaban J connectivity index is 1.77. The summed E-state index contributed by atoms with van der Waals surface area (Å²) in [5.74, 6) is 0. The highest BCUT2D eigenvalue weighted by molar-refractivity contribution is 7.61. The van der Waals surface area contributed by atoms with Crippen LogP contribution < -0.4 is 11.2 Å². The molecule has 3 rings (SSSR count). The first-order valence-corrected chi connectivity index (χ1v) is 13.0. The van der Waals surface area contributed by atoms with E-state index >= 15 is 0 Å². The van der Waals surface area contributed by atoms with Crippen molar-refractivity contribution in [3.63, 3.8) is 0 Å². The molecule has 21 heteroatoms. The molecule has 0 spiro atoms. The van der Waals surface area contributed by atoms with Gasteiger partial charge in [0.1, 0.15) is 42.7 Å². The number of hydrogen-bond donors (Lipinski definition) is 9. The Labute approximate surface area is 199 Å². The molecule has 9 N–H and O–H groups in total. The van der Waals surface area contributed by atoms with E-state index in [-0.39, 0.29) is 0 Å². The molecule has 2 aliphatic rings. The van der Waals surface area contributed by atoms with Gasteiger partial charge in [-0.05, 0) is 0 Å². The minimum atomic E-state index is -5.63. The highest BCUT2D eigenvalue weighted by Crippen LogP contribution is 2.62. The summed E-state index contributed by atoms with van der Waals surface area (Å²) in [7, 11) is -11.1. The third-order valence-corrected chi connectivity index (χ3v) is 7.73. The summed E-state index contributed by atoms with van der Waals surface area (Å²) in [6.07, 6.45) is -15.6. The maximum atomic E-state index is 13.0. The van der Waals surface area contributed by atoms with Gasteiger partial charge in [-0.3, -0.25) is 23.4 Å². The molecule has 2 fully saturated rings. The molecule has 206 valence electrons. The van der Waals surface area contributed by atoms with Crippen molar-refractivity contribution in [2.24, 2.45) is 0 Å². The molecule has 2 saturated heterocycles. The van der Waals surface area contributed by atoms with Crippen molar-refractivity contribution in [2.75, 3.05) is 13.2 Å². The van der Waals surface area contributed by atoms with Gasteiger partial charge in [-0.1, -0.05) is 0 Å². The van der Waals surface area contributed by atoms with Crippen LogP contribution in [0.1, 0.15) is 6.23 Å². The Hall–Kier alpha value is -1.38. The van der Waals surface area contributed by atoms with Gasteiger partial charge >= 0.3 is 21.3 Å². The maximum absolute atomic E-state index is 13.0. The first kappa shape index (κ1) is 29.2.